The Bertz CT molecular complexity index is 1240. The minimum atomic E-state index is -5.08. The SMILES string of the molecule is NCCc1ccc2c(c1)CCCN2C(=O)c1ccc2c(=O)[nH]cnc2c1.O=C(O)C(F)(F)F. The van der Waals surface area contributed by atoms with E-state index in [0.717, 1.165) is 24.9 Å². The molecular formula is C22H21F3N4O4. The number of aryl methyl sites for hydroxylation is 1. The Kier molecular flexibility index (Phi) is 7.12. The van der Waals surface area contributed by atoms with Crippen LogP contribution in [0.3, 0.4) is 0 Å². The summed E-state index contributed by atoms with van der Waals surface area (Å²) >= 11 is 0. The molecule has 1 aliphatic rings. The topological polar surface area (TPSA) is 129 Å². The van der Waals surface area contributed by atoms with E-state index in [2.05, 4.69) is 16.0 Å². The number of aliphatic carboxylic acids is 1. The van der Waals surface area contributed by atoms with Crippen LogP contribution < -0.4 is 16.2 Å². The van der Waals surface area contributed by atoms with Crippen LogP contribution in [0.1, 0.15) is 27.9 Å². The first-order valence-corrected chi connectivity index (χ1v) is 10.0. The Morgan fingerprint density at radius 2 is 1.91 bits per heavy atom. The second kappa shape index (κ2) is 9.82. The van der Waals surface area contributed by atoms with Gasteiger partial charge in [0, 0.05) is 17.8 Å². The molecule has 8 nitrogen and oxygen atoms in total. The fraction of sp³-hybridized carbons (Fsp3) is 0.273. The number of carbonyl (C=O) groups excluding carboxylic acids is 1. The van der Waals surface area contributed by atoms with Gasteiger partial charge in [-0.1, -0.05) is 12.1 Å². The molecule has 2 aromatic carbocycles. The highest BCUT2D eigenvalue weighted by Gasteiger charge is 2.38. The van der Waals surface area contributed by atoms with Gasteiger partial charge in [-0.05, 0) is 61.2 Å². The van der Waals surface area contributed by atoms with Crippen molar-refractivity contribution in [3.8, 4) is 0 Å². The number of anilines is 1. The molecule has 2 heterocycles. The Hall–Kier alpha value is -3.73. The number of carboxylic acids is 1. The van der Waals surface area contributed by atoms with Crippen molar-refractivity contribution in [3.05, 3.63) is 69.8 Å². The maximum absolute atomic E-state index is 13.1. The Morgan fingerprint density at radius 1 is 1.18 bits per heavy atom. The number of benzene rings is 2. The van der Waals surface area contributed by atoms with E-state index in [1.165, 1.54) is 17.5 Å². The van der Waals surface area contributed by atoms with Gasteiger partial charge in [0.1, 0.15) is 0 Å². The van der Waals surface area contributed by atoms with E-state index in [4.69, 9.17) is 15.6 Å². The Balaban J connectivity index is 0.000000383. The molecule has 0 saturated carbocycles. The monoisotopic (exact) mass is 462 g/mol. The van der Waals surface area contributed by atoms with Gasteiger partial charge in [-0.15, -0.1) is 0 Å². The molecule has 0 unspecified atom stereocenters. The lowest BCUT2D eigenvalue weighted by molar-refractivity contribution is -0.192. The molecule has 1 aromatic heterocycles. The van der Waals surface area contributed by atoms with E-state index in [9.17, 15) is 22.8 Å². The third-order valence-electron chi connectivity index (χ3n) is 5.07. The van der Waals surface area contributed by atoms with Crippen LogP contribution in [0.5, 0.6) is 0 Å². The van der Waals surface area contributed by atoms with E-state index in [-0.39, 0.29) is 11.5 Å². The lowest BCUT2D eigenvalue weighted by Crippen LogP contribution is -2.35. The van der Waals surface area contributed by atoms with E-state index in [1.807, 2.05) is 17.0 Å². The minimum Gasteiger partial charge on any atom is -0.475 e. The van der Waals surface area contributed by atoms with Crippen LogP contribution in [0.4, 0.5) is 18.9 Å². The van der Waals surface area contributed by atoms with Gasteiger partial charge >= 0.3 is 12.1 Å². The maximum Gasteiger partial charge on any atom is 0.490 e. The number of hydrogen-bond acceptors (Lipinski definition) is 5. The van der Waals surface area contributed by atoms with E-state index < -0.39 is 12.1 Å². The number of nitrogens with one attached hydrogen (secondary N) is 1. The van der Waals surface area contributed by atoms with Crippen LogP contribution in [0.2, 0.25) is 0 Å². The second-order valence-corrected chi connectivity index (χ2v) is 7.33. The lowest BCUT2D eigenvalue weighted by atomic mass is 9.97. The number of carboxylic acid groups (broad SMARTS) is 1. The third-order valence-corrected chi connectivity index (χ3v) is 5.07. The number of nitrogens with two attached hydrogens (primary N) is 1. The molecule has 0 radical (unpaired) electrons. The van der Waals surface area contributed by atoms with Crippen molar-refractivity contribution >= 4 is 28.5 Å². The van der Waals surface area contributed by atoms with Crippen molar-refractivity contribution in [2.45, 2.75) is 25.4 Å². The number of aromatic amines is 1. The van der Waals surface area contributed by atoms with Gasteiger partial charge in [-0.3, -0.25) is 9.59 Å². The number of amides is 1. The number of nitrogens with zero attached hydrogens (tertiary/aromatic N) is 2. The predicted molar refractivity (Wildman–Crippen MR) is 115 cm³/mol. The number of rotatable bonds is 3. The molecule has 11 heteroatoms. The number of H-pyrrole nitrogens is 1. The van der Waals surface area contributed by atoms with Gasteiger partial charge < -0.3 is 20.7 Å². The fourth-order valence-corrected chi connectivity index (χ4v) is 3.54. The number of alkyl halides is 3. The Labute approximate surface area is 185 Å². The number of fused-ring (bicyclic) bond motifs is 2. The van der Waals surface area contributed by atoms with E-state index in [1.54, 1.807) is 18.2 Å². The van der Waals surface area contributed by atoms with E-state index >= 15 is 0 Å². The molecule has 4 N–H and O–H groups in total. The molecule has 0 bridgehead atoms. The zero-order valence-electron chi connectivity index (χ0n) is 17.4. The summed E-state index contributed by atoms with van der Waals surface area (Å²) in [6.07, 6.45) is -0.997. The molecule has 33 heavy (non-hydrogen) atoms. The third kappa shape index (κ3) is 5.55. The van der Waals surface area contributed by atoms with Gasteiger partial charge in [-0.25, -0.2) is 9.78 Å². The van der Waals surface area contributed by atoms with Gasteiger partial charge in [0.25, 0.3) is 11.5 Å². The van der Waals surface area contributed by atoms with Gasteiger partial charge in [0.15, 0.2) is 0 Å². The molecule has 0 fully saturated rings. The van der Waals surface area contributed by atoms with Gasteiger partial charge in [0.05, 0.1) is 17.2 Å². The lowest BCUT2D eigenvalue weighted by Gasteiger charge is -2.30. The van der Waals surface area contributed by atoms with Gasteiger partial charge in [-0.2, -0.15) is 13.2 Å². The van der Waals surface area contributed by atoms with Crippen LogP contribution in [-0.4, -0.2) is 46.2 Å². The highest BCUT2D eigenvalue weighted by atomic mass is 19.4. The van der Waals surface area contributed by atoms with Crippen LogP contribution in [-0.2, 0) is 17.6 Å². The first kappa shape index (κ1) is 23.9. The average Bonchev–Trinajstić information content (AvgIpc) is 2.78. The minimum absolute atomic E-state index is 0.0680. The summed E-state index contributed by atoms with van der Waals surface area (Å²) in [4.78, 5) is 42.3. The fourth-order valence-electron chi connectivity index (χ4n) is 3.54. The first-order valence-electron chi connectivity index (χ1n) is 10.0. The predicted octanol–water partition coefficient (Wildman–Crippen LogP) is 2.65. The maximum atomic E-state index is 13.1. The highest BCUT2D eigenvalue weighted by molar-refractivity contribution is 6.08. The zero-order valence-corrected chi connectivity index (χ0v) is 17.4. The van der Waals surface area contributed by atoms with E-state index in [0.29, 0.717) is 29.6 Å². The number of halogens is 3. The van der Waals surface area contributed by atoms with Crippen LogP contribution in [0.25, 0.3) is 10.9 Å². The summed E-state index contributed by atoms with van der Waals surface area (Å²) in [5.41, 5.74) is 9.85. The molecule has 0 spiro atoms. The first-order chi connectivity index (χ1) is 15.6. The van der Waals surface area contributed by atoms with Crippen LogP contribution in [0.15, 0.2) is 47.5 Å². The summed E-state index contributed by atoms with van der Waals surface area (Å²) in [6.45, 7) is 1.30. The molecule has 3 aromatic rings. The standard InChI is InChI=1S/C20H20N4O2.C2HF3O2/c21-8-7-13-3-6-18-14(10-13)2-1-9-24(18)20(26)15-4-5-16-17(11-15)22-12-23-19(16)25;3-2(4,5)1(6)7/h3-6,10-12H,1-2,7-9,21H2,(H,22,23,25);(H,6,7). The average molecular weight is 462 g/mol. The van der Waals surface area contributed by atoms with Crippen LogP contribution >= 0.6 is 0 Å². The van der Waals surface area contributed by atoms with Crippen molar-refractivity contribution in [1.29, 1.82) is 0 Å². The molecule has 1 aliphatic heterocycles. The van der Waals surface area contributed by atoms with Gasteiger partial charge in [0.2, 0.25) is 0 Å². The second-order valence-electron chi connectivity index (χ2n) is 7.33. The summed E-state index contributed by atoms with van der Waals surface area (Å²) in [7, 11) is 0. The summed E-state index contributed by atoms with van der Waals surface area (Å²) < 4.78 is 31.7. The molecule has 4 rings (SSSR count). The summed E-state index contributed by atoms with van der Waals surface area (Å²) in [6, 6.07) is 11.2. The molecule has 174 valence electrons. The van der Waals surface area contributed by atoms with Crippen molar-refractivity contribution in [1.82, 2.24) is 9.97 Å². The van der Waals surface area contributed by atoms with Crippen molar-refractivity contribution in [2.75, 3.05) is 18.0 Å². The quantitative estimate of drug-likeness (QED) is 0.549. The van der Waals surface area contributed by atoms with Crippen LogP contribution in [0, 0.1) is 0 Å². The molecule has 0 aliphatic carbocycles. The molecule has 0 saturated heterocycles. The molecule has 0 atom stereocenters. The normalized spacial score (nSPS) is 13.2. The summed E-state index contributed by atoms with van der Waals surface area (Å²) in [5, 5.41) is 7.61. The Morgan fingerprint density at radius 3 is 2.58 bits per heavy atom. The number of carbonyl (C=O) groups is 2. The number of hydrogen-bond donors (Lipinski definition) is 3. The number of aromatic nitrogens is 2. The zero-order chi connectivity index (χ0) is 24.2. The smallest absolute Gasteiger partial charge is 0.475 e. The summed E-state index contributed by atoms with van der Waals surface area (Å²) in [5.74, 6) is -2.82. The highest BCUT2D eigenvalue weighted by Crippen LogP contribution is 2.30. The molecule has 1 amide bonds. The molecular weight excluding hydrogens is 441 g/mol. The van der Waals surface area contributed by atoms with Crippen molar-refractivity contribution in [2.24, 2.45) is 5.73 Å². The van der Waals surface area contributed by atoms with Crippen molar-refractivity contribution in [3.63, 3.8) is 0 Å². The van der Waals surface area contributed by atoms with Crippen molar-refractivity contribution < 1.29 is 27.9 Å². The largest absolute Gasteiger partial charge is 0.490 e.